The first kappa shape index (κ1) is 14.5. The summed E-state index contributed by atoms with van der Waals surface area (Å²) in [5, 5.41) is 0. The molecule has 2 aromatic rings. The van der Waals surface area contributed by atoms with Crippen LogP contribution in [-0.2, 0) is 4.74 Å². The first-order chi connectivity index (χ1) is 10.5. The van der Waals surface area contributed by atoms with Gasteiger partial charge in [0.2, 0.25) is 11.7 Å². The third-order valence-electron chi connectivity index (χ3n) is 3.25. The van der Waals surface area contributed by atoms with Gasteiger partial charge in [-0.15, -0.1) is 0 Å². The van der Waals surface area contributed by atoms with Crippen LogP contribution in [0.15, 0.2) is 35.3 Å². The number of rotatable bonds is 2. The Morgan fingerprint density at radius 1 is 0.818 bits per heavy atom. The summed E-state index contributed by atoms with van der Waals surface area (Å²) < 4.78 is 72.1. The summed E-state index contributed by atoms with van der Waals surface area (Å²) >= 11 is 0. The molecule has 114 valence electrons. The molecule has 2 aromatic carbocycles. The average Bonchev–Trinajstić information content (AvgIpc) is 3.02. The molecule has 0 spiro atoms. The van der Waals surface area contributed by atoms with Gasteiger partial charge in [0, 0.05) is 0 Å². The lowest BCUT2D eigenvalue weighted by atomic mass is 10.1. The number of hydrogen-bond acceptors (Lipinski definition) is 2. The summed E-state index contributed by atoms with van der Waals surface area (Å²) in [6.45, 7) is 0.0266. The highest BCUT2D eigenvalue weighted by molar-refractivity contribution is 5.95. The van der Waals surface area contributed by atoms with Crippen molar-refractivity contribution in [2.24, 2.45) is 4.99 Å². The SMILES string of the molecule is Fc1c(F)c(F)c(C2=NC[C@H](c3ccccc3)O2)c(F)c1F. The van der Waals surface area contributed by atoms with E-state index in [1.807, 2.05) is 0 Å². The van der Waals surface area contributed by atoms with Crippen molar-refractivity contribution in [3.8, 4) is 0 Å². The van der Waals surface area contributed by atoms with Gasteiger partial charge < -0.3 is 4.74 Å². The Morgan fingerprint density at radius 2 is 1.36 bits per heavy atom. The van der Waals surface area contributed by atoms with E-state index in [0.29, 0.717) is 5.56 Å². The zero-order valence-electron chi connectivity index (χ0n) is 10.9. The van der Waals surface area contributed by atoms with Gasteiger partial charge in [0.1, 0.15) is 11.7 Å². The van der Waals surface area contributed by atoms with Crippen molar-refractivity contribution in [2.45, 2.75) is 6.10 Å². The number of benzene rings is 2. The second-order valence-electron chi connectivity index (χ2n) is 4.61. The van der Waals surface area contributed by atoms with Crippen LogP contribution in [0.5, 0.6) is 0 Å². The molecule has 1 aliphatic rings. The van der Waals surface area contributed by atoms with Gasteiger partial charge in [0.15, 0.2) is 23.3 Å². The maximum Gasteiger partial charge on any atom is 0.223 e. The van der Waals surface area contributed by atoms with E-state index in [4.69, 9.17) is 4.74 Å². The standard InChI is InChI=1S/C15H8F5NO/c16-10-9(11(17)13(19)14(20)12(10)18)15-21-6-8(22-15)7-4-2-1-3-5-7/h1-5,8H,6H2/t8-/m1/s1. The van der Waals surface area contributed by atoms with E-state index in [-0.39, 0.29) is 6.54 Å². The highest BCUT2D eigenvalue weighted by Crippen LogP contribution is 2.30. The third-order valence-corrected chi connectivity index (χ3v) is 3.25. The first-order valence-corrected chi connectivity index (χ1v) is 6.28. The molecule has 0 bridgehead atoms. The molecule has 0 N–H and O–H groups in total. The molecule has 0 amide bonds. The van der Waals surface area contributed by atoms with Crippen molar-refractivity contribution in [1.82, 2.24) is 0 Å². The molecule has 22 heavy (non-hydrogen) atoms. The Kier molecular flexibility index (Phi) is 3.56. The highest BCUT2D eigenvalue weighted by atomic mass is 19.2. The summed E-state index contributed by atoms with van der Waals surface area (Å²) in [4.78, 5) is 3.76. The summed E-state index contributed by atoms with van der Waals surface area (Å²) in [5.74, 6) is -10.8. The lowest BCUT2D eigenvalue weighted by molar-refractivity contribution is 0.228. The molecule has 2 nitrogen and oxygen atoms in total. The Hall–Kier alpha value is -2.44. The smallest absolute Gasteiger partial charge is 0.223 e. The summed E-state index contributed by atoms with van der Waals surface area (Å²) in [7, 11) is 0. The number of aliphatic imine (C=N–C) groups is 1. The van der Waals surface area contributed by atoms with Crippen LogP contribution in [0.4, 0.5) is 22.0 Å². The van der Waals surface area contributed by atoms with Gasteiger partial charge in [-0.1, -0.05) is 30.3 Å². The maximum absolute atomic E-state index is 13.7. The summed E-state index contributed by atoms with van der Waals surface area (Å²) in [6.07, 6.45) is -0.633. The van der Waals surface area contributed by atoms with Gasteiger partial charge >= 0.3 is 0 Å². The largest absolute Gasteiger partial charge is 0.467 e. The van der Waals surface area contributed by atoms with E-state index in [1.165, 1.54) is 0 Å². The van der Waals surface area contributed by atoms with E-state index >= 15 is 0 Å². The molecule has 0 radical (unpaired) electrons. The Labute approximate surface area is 121 Å². The summed E-state index contributed by atoms with van der Waals surface area (Å²) in [6, 6.07) is 8.65. The minimum absolute atomic E-state index is 0.0266. The molecule has 3 rings (SSSR count). The summed E-state index contributed by atoms with van der Waals surface area (Å²) in [5.41, 5.74) is -0.458. The molecule has 0 saturated heterocycles. The van der Waals surface area contributed by atoms with Crippen molar-refractivity contribution in [1.29, 1.82) is 0 Å². The molecule has 0 aromatic heterocycles. The molecular formula is C15H8F5NO. The fourth-order valence-corrected chi connectivity index (χ4v) is 2.15. The van der Waals surface area contributed by atoms with E-state index in [9.17, 15) is 22.0 Å². The molecule has 0 saturated carbocycles. The molecule has 0 fully saturated rings. The maximum atomic E-state index is 13.7. The number of nitrogens with zero attached hydrogens (tertiary/aromatic N) is 1. The van der Waals surface area contributed by atoms with Crippen LogP contribution in [0.3, 0.4) is 0 Å². The quantitative estimate of drug-likeness (QED) is 0.468. The topological polar surface area (TPSA) is 21.6 Å². The van der Waals surface area contributed by atoms with Gasteiger partial charge in [0.05, 0.1) is 6.54 Å². The van der Waals surface area contributed by atoms with Crippen LogP contribution in [-0.4, -0.2) is 12.4 Å². The predicted octanol–water partition coefficient (Wildman–Crippen LogP) is 3.90. The van der Waals surface area contributed by atoms with E-state index < -0.39 is 46.7 Å². The van der Waals surface area contributed by atoms with Crippen molar-refractivity contribution in [2.75, 3.05) is 6.54 Å². The van der Waals surface area contributed by atoms with E-state index in [1.54, 1.807) is 30.3 Å². The van der Waals surface area contributed by atoms with Gasteiger partial charge in [-0.25, -0.2) is 26.9 Å². The van der Waals surface area contributed by atoms with Gasteiger partial charge in [-0.3, -0.25) is 0 Å². The van der Waals surface area contributed by atoms with Crippen LogP contribution in [0.25, 0.3) is 0 Å². The average molecular weight is 313 g/mol. The minimum Gasteiger partial charge on any atom is -0.467 e. The molecule has 0 aliphatic carbocycles. The molecule has 1 aliphatic heterocycles. The van der Waals surface area contributed by atoms with Gasteiger partial charge in [0.25, 0.3) is 0 Å². The molecule has 1 heterocycles. The number of halogens is 5. The van der Waals surface area contributed by atoms with E-state index in [2.05, 4.69) is 4.99 Å². The lowest BCUT2D eigenvalue weighted by Crippen LogP contribution is -2.14. The Balaban J connectivity index is 1.97. The van der Waals surface area contributed by atoms with Crippen LogP contribution < -0.4 is 0 Å². The zero-order valence-corrected chi connectivity index (χ0v) is 10.9. The normalized spacial score (nSPS) is 17.3. The third kappa shape index (κ3) is 2.22. The van der Waals surface area contributed by atoms with Gasteiger partial charge in [-0.05, 0) is 5.56 Å². The fraction of sp³-hybridized carbons (Fsp3) is 0.133. The molecule has 1 atom stereocenters. The van der Waals surface area contributed by atoms with Crippen molar-refractivity contribution in [3.63, 3.8) is 0 Å². The molecule has 7 heteroatoms. The van der Waals surface area contributed by atoms with Crippen LogP contribution >= 0.6 is 0 Å². The monoisotopic (exact) mass is 313 g/mol. The van der Waals surface area contributed by atoms with Crippen molar-refractivity contribution >= 4 is 5.90 Å². The minimum atomic E-state index is -2.21. The molecular weight excluding hydrogens is 305 g/mol. The van der Waals surface area contributed by atoms with E-state index in [0.717, 1.165) is 0 Å². The number of ether oxygens (including phenoxy) is 1. The number of hydrogen-bond donors (Lipinski definition) is 0. The van der Waals surface area contributed by atoms with Gasteiger partial charge in [-0.2, -0.15) is 0 Å². The fourth-order valence-electron chi connectivity index (χ4n) is 2.15. The predicted molar refractivity (Wildman–Crippen MR) is 67.9 cm³/mol. The second kappa shape index (κ2) is 5.40. The van der Waals surface area contributed by atoms with Crippen molar-refractivity contribution in [3.05, 3.63) is 70.5 Å². The second-order valence-corrected chi connectivity index (χ2v) is 4.61. The Morgan fingerprint density at radius 3 is 1.95 bits per heavy atom. The van der Waals surface area contributed by atoms with Crippen LogP contribution in [0.1, 0.15) is 17.2 Å². The highest BCUT2D eigenvalue weighted by Gasteiger charge is 2.33. The van der Waals surface area contributed by atoms with Crippen LogP contribution in [0.2, 0.25) is 0 Å². The lowest BCUT2D eigenvalue weighted by Gasteiger charge is -2.13. The van der Waals surface area contributed by atoms with Crippen molar-refractivity contribution < 1.29 is 26.7 Å². The molecule has 0 unspecified atom stereocenters. The Bertz CT molecular complexity index is 731. The zero-order chi connectivity index (χ0) is 15.9. The van der Waals surface area contributed by atoms with Crippen LogP contribution in [0, 0.1) is 29.1 Å². The first-order valence-electron chi connectivity index (χ1n) is 6.28.